The molecule has 0 aliphatic heterocycles. The molecule has 3 aromatic rings. The molecule has 7 heteroatoms. The van der Waals surface area contributed by atoms with Crippen molar-refractivity contribution < 1.29 is 19.1 Å². The van der Waals surface area contributed by atoms with E-state index in [1.165, 1.54) is 17.9 Å². The maximum absolute atomic E-state index is 12.8. The number of hydrogen-bond acceptors (Lipinski definition) is 5. The maximum Gasteiger partial charge on any atom is 0.343 e. The zero-order valence-corrected chi connectivity index (χ0v) is 15.6. The predicted molar refractivity (Wildman–Crippen MR) is 106 cm³/mol. The molecule has 3 rings (SSSR count). The van der Waals surface area contributed by atoms with Gasteiger partial charge in [-0.2, -0.15) is 0 Å². The van der Waals surface area contributed by atoms with E-state index in [9.17, 15) is 14.4 Å². The summed E-state index contributed by atoms with van der Waals surface area (Å²) < 4.78 is 11.3. The number of carbonyl (C=O) groups excluding carboxylic acids is 2. The van der Waals surface area contributed by atoms with Crippen molar-refractivity contribution >= 4 is 28.3 Å². The Kier molecular flexibility index (Phi) is 5.74. The lowest BCUT2D eigenvalue weighted by Gasteiger charge is -2.11. The number of rotatable bonds is 6. The van der Waals surface area contributed by atoms with Gasteiger partial charge in [-0.3, -0.25) is 9.59 Å². The van der Waals surface area contributed by atoms with E-state index in [2.05, 4.69) is 10.1 Å². The van der Waals surface area contributed by atoms with E-state index in [1.54, 1.807) is 30.3 Å². The van der Waals surface area contributed by atoms with E-state index in [0.717, 1.165) is 5.56 Å². The van der Waals surface area contributed by atoms with Crippen LogP contribution in [0.25, 0.3) is 10.8 Å². The van der Waals surface area contributed by atoms with Crippen LogP contribution in [0.5, 0.6) is 5.75 Å². The van der Waals surface area contributed by atoms with Gasteiger partial charge < -0.3 is 19.4 Å². The number of nitrogens with zero attached hydrogens (tertiary/aromatic N) is 1. The second-order valence-electron chi connectivity index (χ2n) is 6.25. The fraction of sp³-hybridized carbons (Fsp3) is 0.190. The summed E-state index contributed by atoms with van der Waals surface area (Å²) in [6.07, 6.45) is 1.53. The molecule has 0 unspecified atom stereocenters. The highest BCUT2D eigenvalue weighted by Gasteiger charge is 2.11. The Bertz CT molecular complexity index is 1090. The van der Waals surface area contributed by atoms with Crippen LogP contribution in [0, 0.1) is 6.92 Å². The van der Waals surface area contributed by atoms with Crippen molar-refractivity contribution in [1.82, 2.24) is 4.57 Å². The summed E-state index contributed by atoms with van der Waals surface area (Å²) in [6.45, 7) is 1.57. The fourth-order valence-electron chi connectivity index (χ4n) is 2.81. The quantitative estimate of drug-likeness (QED) is 0.664. The van der Waals surface area contributed by atoms with Crippen molar-refractivity contribution in [2.24, 2.45) is 0 Å². The molecule has 0 fully saturated rings. The van der Waals surface area contributed by atoms with E-state index in [1.807, 2.05) is 25.1 Å². The monoisotopic (exact) mass is 380 g/mol. The van der Waals surface area contributed by atoms with Crippen LogP contribution in [0.4, 0.5) is 5.69 Å². The first-order valence-corrected chi connectivity index (χ1v) is 8.66. The van der Waals surface area contributed by atoms with E-state index >= 15 is 0 Å². The first-order valence-electron chi connectivity index (χ1n) is 8.66. The third-order valence-electron chi connectivity index (χ3n) is 4.17. The van der Waals surface area contributed by atoms with Gasteiger partial charge in [0.1, 0.15) is 12.3 Å². The second kappa shape index (κ2) is 8.39. The van der Waals surface area contributed by atoms with Crippen molar-refractivity contribution in [3.8, 4) is 5.75 Å². The van der Waals surface area contributed by atoms with Gasteiger partial charge in [0, 0.05) is 17.3 Å². The Labute approximate surface area is 161 Å². The molecule has 0 saturated heterocycles. The van der Waals surface area contributed by atoms with Gasteiger partial charge in [0.2, 0.25) is 5.91 Å². The zero-order chi connectivity index (χ0) is 20.1. The lowest BCUT2D eigenvalue weighted by atomic mass is 10.1. The Morgan fingerprint density at radius 1 is 1.07 bits per heavy atom. The number of methoxy groups -OCH3 is 1. The summed E-state index contributed by atoms with van der Waals surface area (Å²) in [7, 11) is 1.27. The molecular weight excluding hydrogens is 360 g/mol. The number of nitrogens with one attached hydrogen (secondary N) is 1. The first-order chi connectivity index (χ1) is 13.5. The van der Waals surface area contributed by atoms with Gasteiger partial charge in [-0.25, -0.2) is 4.79 Å². The average Bonchev–Trinajstić information content (AvgIpc) is 2.68. The van der Waals surface area contributed by atoms with Gasteiger partial charge in [-0.1, -0.05) is 18.2 Å². The summed E-state index contributed by atoms with van der Waals surface area (Å²) in [5.74, 6) is -0.417. The average molecular weight is 380 g/mol. The molecule has 144 valence electrons. The number of hydrogen-bond donors (Lipinski definition) is 1. The number of aryl methyl sites for hydroxylation is 1. The van der Waals surface area contributed by atoms with E-state index in [0.29, 0.717) is 22.2 Å². The number of anilines is 1. The van der Waals surface area contributed by atoms with Crippen LogP contribution >= 0.6 is 0 Å². The SMILES string of the molecule is COC(=O)COc1cccc2c(=O)n(CC(=O)Nc3cccc(C)c3)ccc12. The topological polar surface area (TPSA) is 86.6 Å². The molecule has 0 aliphatic carbocycles. The number of esters is 1. The number of carbonyl (C=O) groups is 2. The Morgan fingerprint density at radius 2 is 1.86 bits per heavy atom. The van der Waals surface area contributed by atoms with Gasteiger partial charge in [0.25, 0.3) is 5.56 Å². The van der Waals surface area contributed by atoms with Crippen molar-refractivity contribution in [2.75, 3.05) is 19.0 Å². The fourth-order valence-corrected chi connectivity index (χ4v) is 2.81. The number of ether oxygens (including phenoxy) is 2. The van der Waals surface area contributed by atoms with E-state index < -0.39 is 5.97 Å². The van der Waals surface area contributed by atoms with Gasteiger partial charge in [-0.15, -0.1) is 0 Å². The predicted octanol–water partition coefficient (Wildman–Crippen LogP) is 2.50. The highest BCUT2D eigenvalue weighted by Crippen LogP contribution is 2.23. The second-order valence-corrected chi connectivity index (χ2v) is 6.25. The van der Waals surface area contributed by atoms with Crippen LogP contribution in [0.1, 0.15) is 5.56 Å². The Morgan fingerprint density at radius 3 is 2.61 bits per heavy atom. The van der Waals surface area contributed by atoms with Crippen molar-refractivity contribution in [3.05, 3.63) is 70.6 Å². The minimum Gasteiger partial charge on any atom is -0.481 e. The normalized spacial score (nSPS) is 10.5. The van der Waals surface area contributed by atoms with E-state index in [4.69, 9.17) is 4.74 Å². The van der Waals surface area contributed by atoms with Crippen molar-refractivity contribution in [1.29, 1.82) is 0 Å². The molecule has 0 saturated carbocycles. The third-order valence-corrected chi connectivity index (χ3v) is 4.17. The summed E-state index contributed by atoms with van der Waals surface area (Å²) >= 11 is 0. The molecule has 1 heterocycles. The standard InChI is InChI=1S/C21H20N2O5/c1-14-5-3-6-15(11-14)22-19(24)12-23-10-9-16-17(21(23)26)7-4-8-18(16)28-13-20(25)27-2/h3-11H,12-13H2,1-2H3,(H,22,24). The molecule has 0 spiro atoms. The van der Waals surface area contributed by atoms with Crippen molar-refractivity contribution in [2.45, 2.75) is 13.5 Å². The van der Waals surface area contributed by atoms with Crippen LogP contribution in [-0.2, 0) is 20.9 Å². The molecule has 1 amide bonds. The third kappa shape index (κ3) is 4.37. The smallest absolute Gasteiger partial charge is 0.343 e. The highest BCUT2D eigenvalue weighted by molar-refractivity contribution is 5.91. The molecule has 0 atom stereocenters. The number of benzene rings is 2. The van der Waals surface area contributed by atoms with Gasteiger partial charge in [0.15, 0.2) is 6.61 Å². The minimum absolute atomic E-state index is 0.115. The molecule has 0 radical (unpaired) electrons. The number of pyridine rings is 1. The largest absolute Gasteiger partial charge is 0.481 e. The van der Waals surface area contributed by atoms with Gasteiger partial charge in [0.05, 0.1) is 12.5 Å². The Balaban J connectivity index is 1.81. The molecule has 1 aromatic heterocycles. The van der Waals surface area contributed by atoms with Crippen LogP contribution < -0.4 is 15.6 Å². The van der Waals surface area contributed by atoms with Gasteiger partial charge in [-0.05, 0) is 42.8 Å². The number of amides is 1. The summed E-state index contributed by atoms with van der Waals surface area (Å²) in [4.78, 5) is 36.3. The number of fused-ring (bicyclic) bond motifs is 1. The number of aromatic nitrogens is 1. The lowest BCUT2D eigenvalue weighted by molar-refractivity contribution is -0.142. The van der Waals surface area contributed by atoms with E-state index in [-0.39, 0.29) is 24.6 Å². The molecular formula is C21H20N2O5. The lowest BCUT2D eigenvalue weighted by Crippen LogP contribution is -2.27. The molecule has 2 aromatic carbocycles. The molecule has 28 heavy (non-hydrogen) atoms. The zero-order valence-electron chi connectivity index (χ0n) is 15.6. The summed E-state index contributed by atoms with van der Waals surface area (Å²) in [6, 6.07) is 14.1. The highest BCUT2D eigenvalue weighted by atomic mass is 16.6. The van der Waals surface area contributed by atoms with Gasteiger partial charge >= 0.3 is 5.97 Å². The minimum atomic E-state index is -0.516. The molecule has 0 aliphatic rings. The maximum atomic E-state index is 12.8. The molecule has 7 nitrogen and oxygen atoms in total. The van der Waals surface area contributed by atoms with Crippen molar-refractivity contribution in [3.63, 3.8) is 0 Å². The first kappa shape index (κ1) is 19.2. The summed E-state index contributed by atoms with van der Waals surface area (Å²) in [5, 5.41) is 3.74. The Hall–Kier alpha value is -3.61. The van der Waals surface area contributed by atoms with Crippen LogP contribution in [0.2, 0.25) is 0 Å². The van der Waals surface area contributed by atoms with Crippen LogP contribution in [-0.4, -0.2) is 30.2 Å². The summed E-state index contributed by atoms with van der Waals surface area (Å²) in [5.41, 5.74) is 1.39. The van der Waals surface area contributed by atoms with Crippen LogP contribution in [0.15, 0.2) is 59.5 Å². The van der Waals surface area contributed by atoms with Crippen LogP contribution in [0.3, 0.4) is 0 Å². The molecule has 0 bridgehead atoms. The molecule has 1 N–H and O–H groups in total.